The summed E-state index contributed by atoms with van der Waals surface area (Å²) >= 11 is 0. The van der Waals surface area contributed by atoms with Crippen molar-refractivity contribution in [3.05, 3.63) is 72.9 Å². The molecule has 0 amide bonds. The first kappa shape index (κ1) is 80.3. The van der Waals surface area contributed by atoms with Crippen LogP contribution in [0.15, 0.2) is 72.9 Å². The molecule has 0 bridgehead atoms. The fourth-order valence-corrected chi connectivity index (χ4v) is 10.5. The molecule has 1 saturated heterocycles. The quantitative estimate of drug-likeness (QED) is 0.0110. The number of aliphatic carboxylic acids is 2. The van der Waals surface area contributed by atoms with E-state index in [0.717, 1.165) is 161 Å². The van der Waals surface area contributed by atoms with Crippen molar-refractivity contribution < 1.29 is 82.5 Å². The first-order chi connectivity index (χ1) is 42.6. The van der Waals surface area contributed by atoms with Gasteiger partial charge >= 0.3 is 47.8 Å². The Morgan fingerprint density at radius 1 is 0.557 bits per heavy atom. The second-order valence-corrected chi connectivity index (χ2v) is 23.7. The predicted molar refractivity (Wildman–Crippen MR) is 342 cm³/mol. The number of carboxylic acids is 2. The van der Waals surface area contributed by atoms with Crippen molar-refractivity contribution in [3.8, 4) is 0 Å². The molecule has 0 aromatic carbocycles. The molecule has 0 radical (unpaired) electrons. The molecule has 8 unspecified atom stereocenters. The van der Waals surface area contributed by atoms with Gasteiger partial charge in [0.1, 0.15) is 25.9 Å². The van der Waals surface area contributed by atoms with Crippen LogP contribution < -0.4 is 0 Å². The smallest absolute Gasteiger partial charge is 0.317 e. The average Bonchev–Trinajstić information content (AvgIpc) is 4.10. The van der Waals surface area contributed by atoms with Crippen LogP contribution in [0, 0.1) is 35.5 Å². The monoisotopic (exact) mass is 1240 g/mol. The summed E-state index contributed by atoms with van der Waals surface area (Å²) in [4.78, 5) is 98.2. The van der Waals surface area contributed by atoms with Gasteiger partial charge in [-0.15, -0.1) is 0 Å². The molecular weight excluding hydrogens is 1120 g/mol. The van der Waals surface area contributed by atoms with Crippen LogP contribution in [-0.2, 0) is 62.0 Å². The van der Waals surface area contributed by atoms with Crippen LogP contribution in [0.1, 0.15) is 252 Å². The van der Waals surface area contributed by atoms with E-state index in [9.17, 15) is 53.7 Å². The van der Waals surface area contributed by atoms with Gasteiger partial charge in [-0.2, -0.15) is 0 Å². The molecule has 500 valence electrons. The van der Waals surface area contributed by atoms with Crippen LogP contribution >= 0.6 is 0 Å². The van der Waals surface area contributed by atoms with Crippen LogP contribution in [0.25, 0.3) is 0 Å². The number of carbonyl (C=O) groups excluding carboxylic acids is 6. The molecule has 0 aromatic heterocycles. The molecule has 17 heteroatoms. The summed E-state index contributed by atoms with van der Waals surface area (Å²) in [6.45, 7) is 6.94. The van der Waals surface area contributed by atoms with E-state index in [1.807, 2.05) is 68.5 Å². The van der Waals surface area contributed by atoms with E-state index in [2.05, 4.69) is 32.1 Å². The lowest BCUT2D eigenvalue weighted by atomic mass is 9.84. The van der Waals surface area contributed by atoms with Gasteiger partial charge in [0.05, 0.1) is 37.2 Å². The SMILES string of the molecule is CCCCCCCCC(/C=C/CCCCCCC(=O)OC(COC(=O)CCCCCCC/C=C\C=C\C(CCCCC)C(C)C(=O)OCC(O)CO)COC(=O)CCCCCCC/C=C\C/C=C\C=C\C(CC)C1CC(=O)OC1=O)C(CC(=O)O)C(=O)O. The van der Waals surface area contributed by atoms with E-state index in [4.69, 9.17) is 28.8 Å². The lowest BCUT2D eigenvalue weighted by molar-refractivity contribution is -0.167. The van der Waals surface area contributed by atoms with Gasteiger partial charge in [0.15, 0.2) is 6.10 Å². The Kier molecular flexibility index (Phi) is 49.5. The summed E-state index contributed by atoms with van der Waals surface area (Å²) in [5.74, 6) is -6.96. The zero-order chi connectivity index (χ0) is 64.8. The van der Waals surface area contributed by atoms with Crippen molar-refractivity contribution in [2.24, 2.45) is 35.5 Å². The van der Waals surface area contributed by atoms with E-state index >= 15 is 0 Å². The molecule has 1 fully saturated rings. The number of aliphatic hydroxyl groups excluding tert-OH is 2. The van der Waals surface area contributed by atoms with Crippen molar-refractivity contribution in [2.45, 2.75) is 265 Å². The fourth-order valence-electron chi connectivity index (χ4n) is 10.5. The number of carbonyl (C=O) groups is 8. The highest BCUT2D eigenvalue weighted by Crippen LogP contribution is 2.29. The molecule has 17 nitrogen and oxygen atoms in total. The van der Waals surface area contributed by atoms with Crippen molar-refractivity contribution in [1.82, 2.24) is 0 Å². The minimum absolute atomic E-state index is 0.00367. The van der Waals surface area contributed by atoms with E-state index < -0.39 is 84.8 Å². The molecule has 8 atom stereocenters. The number of cyclic esters (lactones) is 2. The summed E-state index contributed by atoms with van der Waals surface area (Å²) in [5.41, 5.74) is 0. The van der Waals surface area contributed by atoms with Gasteiger partial charge in [0.25, 0.3) is 0 Å². The molecule has 1 heterocycles. The summed E-state index contributed by atoms with van der Waals surface area (Å²) in [6, 6.07) is 0. The third kappa shape index (κ3) is 43.1. The Bertz CT molecular complexity index is 2110. The minimum Gasteiger partial charge on any atom is -0.481 e. The Hall–Kier alpha value is -5.68. The summed E-state index contributed by atoms with van der Waals surface area (Å²) < 4.78 is 26.7. The average molecular weight is 1240 g/mol. The van der Waals surface area contributed by atoms with Gasteiger partial charge in [0, 0.05) is 19.3 Å². The van der Waals surface area contributed by atoms with Crippen molar-refractivity contribution in [1.29, 1.82) is 0 Å². The van der Waals surface area contributed by atoms with Crippen molar-refractivity contribution >= 4 is 47.8 Å². The number of allylic oxidation sites excluding steroid dienone is 12. The molecule has 4 N–H and O–H groups in total. The number of esters is 6. The van der Waals surface area contributed by atoms with Gasteiger partial charge < -0.3 is 44.1 Å². The first-order valence-corrected chi connectivity index (χ1v) is 33.7. The van der Waals surface area contributed by atoms with E-state index in [0.29, 0.717) is 32.1 Å². The predicted octanol–water partition coefficient (Wildman–Crippen LogP) is 14.9. The van der Waals surface area contributed by atoms with Gasteiger partial charge in [-0.05, 0) is 101 Å². The molecule has 1 aliphatic heterocycles. The Balaban J connectivity index is 2.63. The largest absolute Gasteiger partial charge is 0.481 e. The topological polar surface area (TPSA) is 264 Å². The third-order valence-electron chi connectivity index (χ3n) is 16.0. The fraction of sp³-hybridized carbons (Fsp3) is 0.718. The maximum absolute atomic E-state index is 13.1. The molecule has 0 aromatic rings. The number of hydrogen-bond donors (Lipinski definition) is 4. The number of ether oxygens (including phenoxy) is 5. The number of aliphatic hydroxyl groups is 2. The van der Waals surface area contributed by atoms with E-state index in [1.54, 1.807) is 0 Å². The Morgan fingerprint density at radius 2 is 1.07 bits per heavy atom. The van der Waals surface area contributed by atoms with E-state index in [-0.39, 0.29) is 69.2 Å². The highest BCUT2D eigenvalue weighted by atomic mass is 16.6. The molecular formula is C71H114O17. The molecule has 0 aliphatic carbocycles. The van der Waals surface area contributed by atoms with Gasteiger partial charge in [-0.1, -0.05) is 210 Å². The van der Waals surface area contributed by atoms with Crippen LogP contribution in [0.4, 0.5) is 0 Å². The third-order valence-corrected chi connectivity index (χ3v) is 16.0. The number of carboxylic acid groups (broad SMARTS) is 2. The number of hydrogen-bond acceptors (Lipinski definition) is 15. The van der Waals surface area contributed by atoms with Crippen LogP contribution in [0.5, 0.6) is 0 Å². The highest BCUT2D eigenvalue weighted by molar-refractivity contribution is 5.95. The zero-order valence-corrected chi connectivity index (χ0v) is 54.2. The van der Waals surface area contributed by atoms with Gasteiger partial charge in [0.2, 0.25) is 0 Å². The van der Waals surface area contributed by atoms with E-state index in [1.165, 1.54) is 0 Å². The maximum Gasteiger partial charge on any atom is 0.317 e. The summed E-state index contributed by atoms with van der Waals surface area (Å²) in [6.07, 6.45) is 49.2. The maximum atomic E-state index is 13.1. The van der Waals surface area contributed by atoms with Crippen LogP contribution in [-0.4, -0.2) is 107 Å². The summed E-state index contributed by atoms with van der Waals surface area (Å²) in [5, 5.41) is 37.8. The van der Waals surface area contributed by atoms with Gasteiger partial charge in [-0.3, -0.25) is 38.4 Å². The Labute approximate surface area is 527 Å². The second kappa shape index (κ2) is 54.3. The van der Waals surface area contributed by atoms with Gasteiger partial charge in [-0.25, -0.2) is 0 Å². The molecule has 0 saturated carbocycles. The molecule has 1 aliphatic rings. The van der Waals surface area contributed by atoms with Crippen LogP contribution in [0.3, 0.4) is 0 Å². The second-order valence-electron chi connectivity index (χ2n) is 23.7. The lowest BCUT2D eigenvalue weighted by Gasteiger charge is -2.20. The van der Waals surface area contributed by atoms with Crippen molar-refractivity contribution in [3.63, 3.8) is 0 Å². The number of unbranched alkanes of at least 4 members (excludes halogenated alkanes) is 21. The Morgan fingerprint density at radius 3 is 1.64 bits per heavy atom. The van der Waals surface area contributed by atoms with Crippen LogP contribution in [0.2, 0.25) is 0 Å². The summed E-state index contributed by atoms with van der Waals surface area (Å²) in [7, 11) is 0. The first-order valence-electron chi connectivity index (χ1n) is 33.7. The number of rotatable bonds is 57. The lowest BCUT2D eigenvalue weighted by Crippen LogP contribution is -2.30. The highest BCUT2D eigenvalue weighted by Gasteiger charge is 2.37. The molecule has 1 rings (SSSR count). The standard InChI is InChI=1S/C71H114O17/c1-5-8-10-11-27-37-45-59(62(69(80)81)50-64(74)75)46-38-30-25-26-33-41-49-67(78)87-61(54-84-65(76)47-39-31-23-19-15-13-12-14-17-21-28-35-42-57(7-3)63-51-68(79)88-71(63)83)55-85-66(77)48-40-32-24-20-16-18-22-29-36-44-58(43-34-9-6-2)56(4)70(82)86-53-60(73)52-72/h12,14,21-22,28-29,35-36,38,42,44,46,56-63,72-73H,5-11,13,15-20,23-27,30-34,37,39-41,43,45,47-55H2,1-4H3,(H,74,75)(H,80,81)/b14-12-,28-21-,29-22-,42-35+,44-36+,46-38+. The molecule has 0 spiro atoms. The normalized spacial score (nSPS) is 16.2. The zero-order valence-electron chi connectivity index (χ0n) is 54.2. The van der Waals surface area contributed by atoms with Crippen molar-refractivity contribution in [2.75, 3.05) is 26.4 Å². The minimum atomic E-state index is -1.12. The molecule has 88 heavy (non-hydrogen) atoms.